The maximum atomic E-state index is 12.8. The van der Waals surface area contributed by atoms with E-state index in [1.54, 1.807) is 18.2 Å². The summed E-state index contributed by atoms with van der Waals surface area (Å²) >= 11 is 12.5. The largest absolute Gasteiger partial charge is 0.459 e. The zero-order valence-corrected chi connectivity index (χ0v) is 28.9. The quantitative estimate of drug-likeness (QED) is 0.105. The fourth-order valence-electron chi connectivity index (χ4n) is 5.82. The lowest BCUT2D eigenvalue weighted by Gasteiger charge is -2.20. The molecule has 0 bridgehead atoms. The Hall–Kier alpha value is -2.62. The summed E-state index contributed by atoms with van der Waals surface area (Å²) in [7, 11) is 0. The predicted octanol–water partition coefficient (Wildman–Crippen LogP) is 7.45. The summed E-state index contributed by atoms with van der Waals surface area (Å²) in [5, 5.41) is 3.61. The number of rotatable bonds is 21. The van der Waals surface area contributed by atoms with Crippen molar-refractivity contribution >= 4 is 35.1 Å². The van der Waals surface area contributed by atoms with E-state index in [2.05, 4.69) is 17.2 Å². The SMILES string of the molecule is CCCCCCCCCCCCCCCC(=O)OC1C[C@@H](n2cc(CC)c(=O)[nH]c2=O)O[C@H]1CNC(=O)Cc1c(Cl)cccc1Cl. The topological polar surface area (TPSA) is 119 Å². The van der Waals surface area contributed by atoms with Gasteiger partial charge in [0.05, 0.1) is 6.42 Å². The van der Waals surface area contributed by atoms with E-state index in [-0.39, 0.29) is 31.3 Å². The van der Waals surface area contributed by atoms with Crippen molar-refractivity contribution in [1.82, 2.24) is 14.9 Å². The molecule has 1 aliphatic heterocycles. The second-order valence-corrected chi connectivity index (χ2v) is 13.1. The molecule has 3 atom stereocenters. The molecule has 1 aliphatic rings. The number of aryl methyl sites for hydroxylation is 1. The van der Waals surface area contributed by atoms with Crippen LogP contribution in [0.25, 0.3) is 0 Å². The molecule has 11 heteroatoms. The predicted molar refractivity (Wildman–Crippen MR) is 183 cm³/mol. The van der Waals surface area contributed by atoms with Gasteiger partial charge in [-0.25, -0.2) is 4.79 Å². The van der Waals surface area contributed by atoms with Crippen LogP contribution in [0.1, 0.15) is 128 Å². The molecule has 2 heterocycles. The molecule has 1 saturated heterocycles. The van der Waals surface area contributed by atoms with Crippen LogP contribution in [0.5, 0.6) is 0 Å². The minimum absolute atomic E-state index is 0.0304. The van der Waals surface area contributed by atoms with E-state index in [1.807, 2.05) is 6.92 Å². The van der Waals surface area contributed by atoms with Crippen molar-refractivity contribution in [2.45, 2.75) is 141 Å². The summed E-state index contributed by atoms with van der Waals surface area (Å²) in [6.07, 6.45) is 16.1. The summed E-state index contributed by atoms with van der Waals surface area (Å²) in [6.45, 7) is 4.11. The molecular weight excluding hydrogens is 629 g/mol. The lowest BCUT2D eigenvalue weighted by molar-refractivity contribution is -0.152. The van der Waals surface area contributed by atoms with Gasteiger partial charge in [0.15, 0.2) is 0 Å². The van der Waals surface area contributed by atoms with Gasteiger partial charge in [0, 0.05) is 41.2 Å². The van der Waals surface area contributed by atoms with Crippen LogP contribution >= 0.6 is 23.2 Å². The number of carbonyl (C=O) groups excluding carboxylic acids is 2. The van der Waals surface area contributed by atoms with Gasteiger partial charge in [0.1, 0.15) is 18.4 Å². The number of hydrogen-bond donors (Lipinski definition) is 2. The van der Waals surface area contributed by atoms with E-state index in [0.717, 1.165) is 19.3 Å². The number of ether oxygens (including phenoxy) is 2. The average molecular weight is 681 g/mol. The molecule has 0 spiro atoms. The van der Waals surface area contributed by atoms with Gasteiger partial charge >= 0.3 is 11.7 Å². The van der Waals surface area contributed by atoms with Crippen LogP contribution in [-0.2, 0) is 31.9 Å². The maximum Gasteiger partial charge on any atom is 0.330 e. The number of nitrogens with zero attached hydrogens (tertiary/aromatic N) is 1. The lowest BCUT2D eigenvalue weighted by Crippen LogP contribution is -2.39. The van der Waals surface area contributed by atoms with Crippen LogP contribution in [0.2, 0.25) is 10.0 Å². The number of carbonyl (C=O) groups is 2. The van der Waals surface area contributed by atoms with E-state index < -0.39 is 29.7 Å². The van der Waals surface area contributed by atoms with Crippen molar-refractivity contribution < 1.29 is 19.1 Å². The second kappa shape index (κ2) is 20.6. The van der Waals surface area contributed by atoms with E-state index in [1.165, 1.54) is 75.0 Å². The van der Waals surface area contributed by atoms with Gasteiger partial charge in [-0.1, -0.05) is 120 Å². The summed E-state index contributed by atoms with van der Waals surface area (Å²) in [6, 6.07) is 5.04. The van der Waals surface area contributed by atoms with Crippen molar-refractivity contribution in [3.8, 4) is 0 Å². The van der Waals surface area contributed by atoms with E-state index in [9.17, 15) is 19.2 Å². The smallest absolute Gasteiger partial charge is 0.330 e. The van der Waals surface area contributed by atoms with Gasteiger partial charge in [-0.2, -0.15) is 0 Å². The zero-order chi connectivity index (χ0) is 33.3. The third-order valence-electron chi connectivity index (χ3n) is 8.58. The van der Waals surface area contributed by atoms with Crippen molar-refractivity contribution in [1.29, 1.82) is 0 Å². The number of esters is 1. The highest BCUT2D eigenvalue weighted by atomic mass is 35.5. The van der Waals surface area contributed by atoms with Crippen molar-refractivity contribution in [3.63, 3.8) is 0 Å². The molecule has 2 aromatic rings. The number of H-pyrrole nitrogens is 1. The molecule has 2 N–H and O–H groups in total. The Morgan fingerprint density at radius 3 is 2.11 bits per heavy atom. The lowest BCUT2D eigenvalue weighted by atomic mass is 10.0. The summed E-state index contributed by atoms with van der Waals surface area (Å²) < 4.78 is 13.3. The fraction of sp³-hybridized carbons (Fsp3) is 0.657. The van der Waals surface area contributed by atoms with Gasteiger partial charge in [0.2, 0.25) is 5.91 Å². The second-order valence-electron chi connectivity index (χ2n) is 12.2. The Morgan fingerprint density at radius 2 is 1.52 bits per heavy atom. The Kier molecular flexibility index (Phi) is 16.9. The average Bonchev–Trinajstić information content (AvgIpc) is 3.42. The maximum absolute atomic E-state index is 12.8. The Labute approximate surface area is 282 Å². The van der Waals surface area contributed by atoms with Crippen LogP contribution in [0.3, 0.4) is 0 Å². The molecule has 1 fully saturated rings. The highest BCUT2D eigenvalue weighted by Gasteiger charge is 2.39. The van der Waals surface area contributed by atoms with E-state index in [4.69, 9.17) is 32.7 Å². The van der Waals surface area contributed by atoms with Gasteiger partial charge in [-0.05, 0) is 30.5 Å². The van der Waals surface area contributed by atoms with E-state index in [0.29, 0.717) is 34.0 Å². The molecule has 0 saturated carbocycles. The molecule has 1 amide bonds. The highest BCUT2D eigenvalue weighted by Crippen LogP contribution is 2.30. The number of nitrogens with one attached hydrogen (secondary N) is 2. The first-order valence-corrected chi connectivity index (χ1v) is 17.9. The molecule has 46 heavy (non-hydrogen) atoms. The third-order valence-corrected chi connectivity index (χ3v) is 9.29. The molecule has 1 unspecified atom stereocenters. The van der Waals surface area contributed by atoms with Gasteiger partial charge in [0.25, 0.3) is 5.56 Å². The van der Waals surface area contributed by atoms with Crippen LogP contribution in [0, 0.1) is 0 Å². The van der Waals surface area contributed by atoms with Crippen LogP contribution in [0.4, 0.5) is 0 Å². The van der Waals surface area contributed by atoms with Crippen LogP contribution < -0.4 is 16.6 Å². The fourth-order valence-corrected chi connectivity index (χ4v) is 6.36. The normalized spacial score (nSPS) is 17.7. The molecule has 0 aliphatic carbocycles. The Morgan fingerprint density at radius 1 is 0.935 bits per heavy atom. The standard InChI is InChI=1S/C35H51Cl2N3O6/c1-3-5-6-7-8-9-10-11-12-13-14-15-16-20-33(42)46-29-22-32(40-24-25(4-2)34(43)39-35(40)44)45-30(29)23-38-31(41)21-26-27(36)18-17-19-28(26)37/h17-19,24,29-30,32H,3-16,20-23H2,1-2H3,(H,38,41)(H,39,43,44)/t29?,30-,32-/m0/s1. The molecule has 1 aromatic heterocycles. The number of amides is 1. The Bertz CT molecular complexity index is 1340. The highest BCUT2D eigenvalue weighted by molar-refractivity contribution is 6.36. The number of halogens is 2. The number of aromatic nitrogens is 2. The number of benzene rings is 1. The first kappa shape index (κ1) is 37.8. The monoisotopic (exact) mass is 679 g/mol. The minimum atomic E-state index is -0.774. The van der Waals surface area contributed by atoms with Gasteiger partial charge < -0.3 is 14.8 Å². The van der Waals surface area contributed by atoms with Crippen molar-refractivity contribution in [3.05, 3.63) is 66.4 Å². The summed E-state index contributed by atoms with van der Waals surface area (Å²) in [5.41, 5.74) is -0.0966. The van der Waals surface area contributed by atoms with Crippen LogP contribution in [-0.4, -0.2) is 40.2 Å². The van der Waals surface area contributed by atoms with Crippen LogP contribution in [0.15, 0.2) is 34.0 Å². The van der Waals surface area contributed by atoms with Crippen molar-refractivity contribution in [2.75, 3.05) is 6.54 Å². The Balaban J connectivity index is 1.48. The van der Waals surface area contributed by atoms with E-state index >= 15 is 0 Å². The molecule has 256 valence electrons. The number of unbranched alkanes of at least 4 members (excludes halogenated alkanes) is 12. The number of aromatic amines is 1. The molecular formula is C35H51Cl2N3O6. The third kappa shape index (κ3) is 12.5. The number of hydrogen-bond acceptors (Lipinski definition) is 6. The molecule has 3 rings (SSSR count). The molecule has 0 radical (unpaired) electrons. The molecule has 9 nitrogen and oxygen atoms in total. The molecule has 1 aromatic carbocycles. The summed E-state index contributed by atoms with van der Waals surface area (Å²) in [4.78, 5) is 52.7. The van der Waals surface area contributed by atoms with Gasteiger partial charge in [-0.3, -0.25) is 23.9 Å². The minimum Gasteiger partial charge on any atom is -0.459 e. The zero-order valence-electron chi connectivity index (χ0n) is 27.4. The summed E-state index contributed by atoms with van der Waals surface area (Å²) in [5.74, 6) is -0.659. The van der Waals surface area contributed by atoms with Crippen molar-refractivity contribution in [2.24, 2.45) is 0 Å². The van der Waals surface area contributed by atoms with Gasteiger partial charge in [-0.15, -0.1) is 0 Å². The first-order chi connectivity index (χ1) is 22.2. The first-order valence-electron chi connectivity index (χ1n) is 17.1.